The standard InChI is InChI=1S/C31H37FN8O3/c1-19-29(20(2)40(36-19)28-12-33-8-9-34-28)31(43)39-15-23-13-37(14-24(23)16-39)10-7-27(22-5-4-6-26(32)11-22)35-30(42)25-17-38(18-25)21(3)41/h4-6,8-9,11-12,23-25,27H,7,10,13-18H2,1-3H3,(H,35,42). The average molecular weight is 589 g/mol. The number of nitrogens with one attached hydrogen (secondary N) is 1. The summed E-state index contributed by atoms with van der Waals surface area (Å²) in [5, 5.41) is 7.69. The number of hydrogen-bond acceptors (Lipinski definition) is 7. The molecule has 0 radical (unpaired) electrons. The van der Waals surface area contributed by atoms with Gasteiger partial charge in [0.1, 0.15) is 5.82 Å². The lowest BCUT2D eigenvalue weighted by Gasteiger charge is -2.38. The van der Waals surface area contributed by atoms with Crippen LogP contribution in [0.15, 0.2) is 42.9 Å². The molecule has 0 spiro atoms. The Morgan fingerprint density at radius 1 is 1.02 bits per heavy atom. The molecule has 3 fully saturated rings. The number of aryl methyl sites for hydroxylation is 1. The molecule has 43 heavy (non-hydrogen) atoms. The van der Waals surface area contributed by atoms with Gasteiger partial charge in [-0.3, -0.25) is 19.4 Å². The van der Waals surface area contributed by atoms with Crippen LogP contribution in [0.5, 0.6) is 0 Å². The summed E-state index contributed by atoms with van der Waals surface area (Å²) in [6, 6.07) is 6.06. The maximum absolute atomic E-state index is 14.1. The van der Waals surface area contributed by atoms with E-state index in [9.17, 15) is 18.8 Å². The summed E-state index contributed by atoms with van der Waals surface area (Å²) < 4.78 is 15.8. The van der Waals surface area contributed by atoms with E-state index in [1.54, 1.807) is 34.2 Å². The molecule has 1 N–H and O–H groups in total. The van der Waals surface area contributed by atoms with Gasteiger partial charge in [-0.1, -0.05) is 12.1 Å². The summed E-state index contributed by atoms with van der Waals surface area (Å²) in [7, 11) is 0. The molecule has 226 valence electrons. The quantitative estimate of drug-likeness (QED) is 0.429. The Labute approximate surface area is 250 Å². The van der Waals surface area contributed by atoms with E-state index < -0.39 is 0 Å². The maximum Gasteiger partial charge on any atom is 0.257 e. The molecule has 3 aliphatic heterocycles. The fourth-order valence-electron chi connectivity index (χ4n) is 6.72. The van der Waals surface area contributed by atoms with Crippen LogP contribution in [-0.2, 0) is 9.59 Å². The number of amides is 3. The van der Waals surface area contributed by atoms with Crippen molar-refractivity contribution in [3.05, 3.63) is 71.2 Å². The summed E-state index contributed by atoms with van der Waals surface area (Å²) in [6.07, 6.45) is 5.47. The molecule has 3 saturated heterocycles. The number of aromatic nitrogens is 4. The number of rotatable bonds is 8. The van der Waals surface area contributed by atoms with Crippen LogP contribution < -0.4 is 5.32 Å². The minimum Gasteiger partial charge on any atom is -0.349 e. The van der Waals surface area contributed by atoms with E-state index in [4.69, 9.17) is 0 Å². The van der Waals surface area contributed by atoms with Gasteiger partial charge in [0.25, 0.3) is 5.91 Å². The highest BCUT2D eigenvalue weighted by atomic mass is 19.1. The van der Waals surface area contributed by atoms with Crippen molar-refractivity contribution < 1.29 is 18.8 Å². The molecule has 6 rings (SSSR count). The molecule has 0 aliphatic carbocycles. The van der Waals surface area contributed by atoms with Crippen molar-refractivity contribution in [3.63, 3.8) is 0 Å². The van der Waals surface area contributed by atoms with E-state index in [0.29, 0.717) is 61.5 Å². The number of likely N-dealkylation sites (tertiary alicyclic amines) is 3. The van der Waals surface area contributed by atoms with Crippen LogP contribution >= 0.6 is 0 Å². The molecule has 5 heterocycles. The number of halogens is 1. The van der Waals surface area contributed by atoms with Crippen LogP contribution in [0.3, 0.4) is 0 Å². The van der Waals surface area contributed by atoms with Crippen molar-refractivity contribution in [2.24, 2.45) is 17.8 Å². The number of carbonyl (C=O) groups is 3. The zero-order valence-corrected chi connectivity index (χ0v) is 24.7. The Morgan fingerprint density at radius 2 is 1.77 bits per heavy atom. The molecule has 3 aliphatic rings. The molecule has 3 unspecified atom stereocenters. The highest BCUT2D eigenvalue weighted by Crippen LogP contribution is 2.33. The fraction of sp³-hybridized carbons (Fsp3) is 0.484. The van der Waals surface area contributed by atoms with E-state index in [-0.39, 0.29) is 35.5 Å². The number of benzene rings is 1. The minimum atomic E-state index is -0.337. The smallest absolute Gasteiger partial charge is 0.257 e. The highest BCUT2D eigenvalue weighted by molar-refractivity contribution is 5.96. The van der Waals surface area contributed by atoms with Crippen LogP contribution in [0.4, 0.5) is 4.39 Å². The van der Waals surface area contributed by atoms with Gasteiger partial charge in [-0.05, 0) is 49.8 Å². The summed E-state index contributed by atoms with van der Waals surface area (Å²) in [5.41, 5.74) is 2.78. The normalized spacial score (nSPS) is 21.0. The molecular weight excluding hydrogens is 551 g/mol. The molecule has 1 aromatic carbocycles. The Balaban J connectivity index is 1.06. The average Bonchev–Trinajstić information content (AvgIpc) is 3.61. The first-order valence-electron chi connectivity index (χ1n) is 14.8. The predicted octanol–water partition coefficient (Wildman–Crippen LogP) is 2.15. The van der Waals surface area contributed by atoms with Crippen molar-refractivity contribution in [3.8, 4) is 5.82 Å². The zero-order valence-electron chi connectivity index (χ0n) is 24.7. The van der Waals surface area contributed by atoms with E-state index >= 15 is 0 Å². The Bertz CT molecular complexity index is 1510. The molecule has 11 nitrogen and oxygen atoms in total. The maximum atomic E-state index is 14.1. The van der Waals surface area contributed by atoms with Gasteiger partial charge in [-0.2, -0.15) is 5.10 Å². The van der Waals surface area contributed by atoms with Crippen molar-refractivity contribution in [1.29, 1.82) is 0 Å². The van der Waals surface area contributed by atoms with Gasteiger partial charge in [0.15, 0.2) is 5.82 Å². The number of fused-ring (bicyclic) bond motifs is 1. The highest BCUT2D eigenvalue weighted by Gasteiger charge is 2.43. The largest absolute Gasteiger partial charge is 0.349 e. The van der Waals surface area contributed by atoms with Crippen LogP contribution in [0.1, 0.15) is 46.7 Å². The van der Waals surface area contributed by atoms with Crippen molar-refractivity contribution in [2.45, 2.75) is 33.2 Å². The third kappa shape index (κ3) is 5.88. The summed E-state index contributed by atoms with van der Waals surface area (Å²) in [5.74, 6) is 0.601. The first-order valence-corrected chi connectivity index (χ1v) is 14.8. The van der Waals surface area contributed by atoms with Gasteiger partial charge >= 0.3 is 0 Å². The van der Waals surface area contributed by atoms with E-state index in [1.165, 1.54) is 19.1 Å². The van der Waals surface area contributed by atoms with Gasteiger partial charge in [0.2, 0.25) is 11.8 Å². The summed E-state index contributed by atoms with van der Waals surface area (Å²) >= 11 is 0. The van der Waals surface area contributed by atoms with Crippen LogP contribution in [0.2, 0.25) is 0 Å². The predicted molar refractivity (Wildman–Crippen MR) is 156 cm³/mol. The minimum absolute atomic E-state index is 0.000644. The lowest BCUT2D eigenvalue weighted by Crippen LogP contribution is -2.55. The third-order valence-corrected chi connectivity index (χ3v) is 9.12. The molecular formula is C31H37FN8O3. The topological polar surface area (TPSA) is 117 Å². The second-order valence-electron chi connectivity index (χ2n) is 12.0. The van der Waals surface area contributed by atoms with Crippen LogP contribution in [-0.4, -0.2) is 98.0 Å². The number of nitrogens with zero attached hydrogens (tertiary/aromatic N) is 7. The van der Waals surface area contributed by atoms with Crippen molar-refractivity contribution in [1.82, 2.24) is 39.8 Å². The van der Waals surface area contributed by atoms with Gasteiger partial charge in [-0.25, -0.2) is 14.1 Å². The Kier molecular flexibility index (Phi) is 7.95. The van der Waals surface area contributed by atoms with Gasteiger partial charge in [0.05, 0.1) is 35.1 Å². The molecule has 3 atom stereocenters. The first-order chi connectivity index (χ1) is 20.7. The monoisotopic (exact) mass is 588 g/mol. The number of carbonyl (C=O) groups excluding carboxylic acids is 3. The van der Waals surface area contributed by atoms with Gasteiger partial charge in [0, 0.05) is 65.1 Å². The van der Waals surface area contributed by atoms with E-state index in [2.05, 4.69) is 25.3 Å². The Morgan fingerprint density at radius 3 is 2.42 bits per heavy atom. The molecule has 0 bridgehead atoms. The first kappa shape index (κ1) is 28.9. The fourth-order valence-corrected chi connectivity index (χ4v) is 6.72. The molecule has 2 aromatic heterocycles. The van der Waals surface area contributed by atoms with Gasteiger partial charge < -0.3 is 20.0 Å². The SMILES string of the molecule is CC(=O)N1CC(C(=O)NC(CCN2CC3CN(C(=O)c4c(C)nn(-c5cnccn5)c4C)CC3C2)c2cccc(F)c2)C1. The molecule has 12 heteroatoms. The second kappa shape index (κ2) is 11.8. The van der Waals surface area contributed by atoms with Crippen molar-refractivity contribution in [2.75, 3.05) is 45.8 Å². The van der Waals surface area contributed by atoms with E-state index in [0.717, 1.165) is 30.9 Å². The zero-order chi connectivity index (χ0) is 30.2. The lowest BCUT2D eigenvalue weighted by molar-refractivity contribution is -0.141. The molecule has 0 saturated carbocycles. The van der Waals surface area contributed by atoms with Crippen molar-refractivity contribution >= 4 is 17.7 Å². The lowest BCUT2D eigenvalue weighted by atomic mass is 9.97. The Hall–Kier alpha value is -4.19. The van der Waals surface area contributed by atoms with Crippen LogP contribution in [0.25, 0.3) is 5.82 Å². The van der Waals surface area contributed by atoms with Crippen LogP contribution in [0, 0.1) is 37.4 Å². The summed E-state index contributed by atoms with van der Waals surface area (Å²) in [6.45, 7) is 9.93. The summed E-state index contributed by atoms with van der Waals surface area (Å²) in [4.78, 5) is 52.5. The van der Waals surface area contributed by atoms with Gasteiger partial charge in [-0.15, -0.1) is 0 Å². The van der Waals surface area contributed by atoms with E-state index in [1.807, 2.05) is 24.8 Å². The second-order valence-corrected chi connectivity index (χ2v) is 12.0. The third-order valence-electron chi connectivity index (χ3n) is 9.12. The molecule has 3 amide bonds. The number of hydrogen-bond donors (Lipinski definition) is 1. The molecule has 3 aromatic rings.